The van der Waals surface area contributed by atoms with Gasteiger partial charge in [-0.1, -0.05) is 13.8 Å². The first-order chi connectivity index (χ1) is 7.68. The van der Waals surface area contributed by atoms with E-state index in [4.69, 9.17) is 0 Å². The van der Waals surface area contributed by atoms with Crippen molar-refractivity contribution < 1.29 is 0 Å². The largest absolute Gasteiger partial charge is 0.0620 e. The highest BCUT2D eigenvalue weighted by molar-refractivity contribution is 5.18. The lowest BCUT2D eigenvalue weighted by Gasteiger charge is -2.75. The van der Waals surface area contributed by atoms with Crippen LogP contribution in [0.3, 0.4) is 0 Å². The summed E-state index contributed by atoms with van der Waals surface area (Å²) in [6.45, 7) is 5.29. The van der Waals surface area contributed by atoms with Gasteiger partial charge in [-0.05, 0) is 84.9 Å². The molecule has 7 fully saturated rings. The van der Waals surface area contributed by atoms with Gasteiger partial charge in [0.25, 0.3) is 0 Å². The number of hydrogen-bond acceptors (Lipinski definition) is 0. The molecule has 0 spiro atoms. The SMILES string of the molecule is CC1C2CC3C4CC5CC(C14)C(C2)C3(C)C5. The molecule has 0 aromatic rings. The summed E-state index contributed by atoms with van der Waals surface area (Å²) in [5.74, 6) is 9.20. The van der Waals surface area contributed by atoms with Crippen molar-refractivity contribution in [3.8, 4) is 0 Å². The molecular weight excluding hydrogens is 192 g/mol. The Bertz CT molecular complexity index is 329. The molecule has 0 saturated heterocycles. The zero-order valence-electron chi connectivity index (χ0n) is 10.7. The van der Waals surface area contributed by atoms with Crippen molar-refractivity contribution in [1.82, 2.24) is 0 Å². The molecule has 7 aliphatic rings. The van der Waals surface area contributed by atoms with Gasteiger partial charge in [0.15, 0.2) is 0 Å². The maximum Gasteiger partial charge on any atom is -0.0261 e. The molecule has 0 aromatic heterocycles. The van der Waals surface area contributed by atoms with Crippen molar-refractivity contribution in [1.29, 1.82) is 0 Å². The highest BCUT2D eigenvalue weighted by atomic mass is 14.7. The molecule has 0 amide bonds. The maximum absolute atomic E-state index is 2.69. The van der Waals surface area contributed by atoms with Crippen molar-refractivity contribution in [3.63, 3.8) is 0 Å². The van der Waals surface area contributed by atoms with E-state index in [0.29, 0.717) is 0 Å². The van der Waals surface area contributed by atoms with E-state index in [1.807, 2.05) is 0 Å². The summed E-state index contributed by atoms with van der Waals surface area (Å²) in [5.41, 5.74) is 0.809. The summed E-state index contributed by atoms with van der Waals surface area (Å²) in [5, 5.41) is 0. The van der Waals surface area contributed by atoms with Gasteiger partial charge in [-0.2, -0.15) is 0 Å². The molecule has 7 aliphatic carbocycles. The van der Waals surface area contributed by atoms with Crippen LogP contribution in [0.5, 0.6) is 0 Å². The van der Waals surface area contributed by atoms with Gasteiger partial charge in [0, 0.05) is 0 Å². The summed E-state index contributed by atoms with van der Waals surface area (Å²) < 4.78 is 0. The monoisotopic (exact) mass is 216 g/mol. The van der Waals surface area contributed by atoms with Crippen LogP contribution in [-0.2, 0) is 0 Å². The Morgan fingerprint density at radius 1 is 0.938 bits per heavy atom. The number of hydrogen-bond donors (Lipinski definition) is 0. The van der Waals surface area contributed by atoms with Crippen molar-refractivity contribution in [2.45, 2.75) is 46.0 Å². The summed E-state index contributed by atoms with van der Waals surface area (Å²) in [7, 11) is 0. The smallest absolute Gasteiger partial charge is 0.0261 e. The molecule has 16 heavy (non-hydrogen) atoms. The molecule has 0 N–H and O–H groups in total. The molecule has 88 valence electrons. The second-order valence-corrected chi connectivity index (χ2v) is 8.26. The fourth-order valence-corrected chi connectivity index (χ4v) is 7.87. The third-order valence-electron chi connectivity index (χ3n) is 8.12. The topological polar surface area (TPSA) is 0 Å². The molecule has 5 atom stereocenters. The minimum Gasteiger partial charge on any atom is -0.0620 e. The lowest BCUT2D eigenvalue weighted by molar-refractivity contribution is -0.267. The second-order valence-electron chi connectivity index (χ2n) is 8.26. The van der Waals surface area contributed by atoms with E-state index in [1.54, 1.807) is 32.1 Å². The highest BCUT2D eigenvalue weighted by Crippen LogP contribution is 2.76. The maximum atomic E-state index is 2.69. The van der Waals surface area contributed by atoms with Gasteiger partial charge in [0.05, 0.1) is 0 Å². The van der Waals surface area contributed by atoms with Crippen LogP contribution in [0, 0.1) is 52.8 Å². The fraction of sp³-hybridized carbons (Fsp3) is 1.00. The molecule has 0 radical (unpaired) electrons. The molecular formula is C16H24. The molecule has 5 unspecified atom stereocenters. The van der Waals surface area contributed by atoms with E-state index in [1.165, 1.54) is 17.8 Å². The lowest BCUT2D eigenvalue weighted by atomic mass is 9.30. The van der Waals surface area contributed by atoms with Crippen molar-refractivity contribution in [2.24, 2.45) is 52.8 Å². The summed E-state index contributed by atoms with van der Waals surface area (Å²) in [6.07, 6.45) is 8.11. The van der Waals surface area contributed by atoms with E-state index < -0.39 is 0 Å². The summed E-state index contributed by atoms with van der Waals surface area (Å²) in [6, 6.07) is 0. The van der Waals surface area contributed by atoms with Crippen LogP contribution in [0.1, 0.15) is 46.0 Å². The molecule has 8 bridgehead atoms. The van der Waals surface area contributed by atoms with Crippen LogP contribution < -0.4 is 0 Å². The van der Waals surface area contributed by atoms with E-state index in [0.717, 1.165) is 35.0 Å². The Morgan fingerprint density at radius 3 is 2.19 bits per heavy atom. The molecule has 0 heteroatoms. The van der Waals surface area contributed by atoms with Crippen molar-refractivity contribution in [2.75, 3.05) is 0 Å². The van der Waals surface area contributed by atoms with Gasteiger partial charge in [-0.3, -0.25) is 0 Å². The van der Waals surface area contributed by atoms with E-state index >= 15 is 0 Å². The molecule has 0 aromatic carbocycles. The fourth-order valence-electron chi connectivity index (χ4n) is 7.87. The Hall–Kier alpha value is 0. The van der Waals surface area contributed by atoms with Crippen molar-refractivity contribution in [3.05, 3.63) is 0 Å². The van der Waals surface area contributed by atoms with Crippen LogP contribution in [0.2, 0.25) is 0 Å². The van der Waals surface area contributed by atoms with Gasteiger partial charge in [0.1, 0.15) is 0 Å². The van der Waals surface area contributed by atoms with Gasteiger partial charge in [-0.15, -0.1) is 0 Å². The highest BCUT2D eigenvalue weighted by Gasteiger charge is 2.69. The standard InChI is InChI=1S/C16H24/c1-8-10-5-13-11-3-9-4-12(15(8)11)14(6-10)16(13,2)7-9/h8-15H,3-7H2,1-2H3. The third kappa shape index (κ3) is 0.728. The first-order valence-corrected chi connectivity index (χ1v) is 7.68. The minimum atomic E-state index is 0.809. The Morgan fingerprint density at radius 2 is 1.56 bits per heavy atom. The van der Waals surface area contributed by atoms with Gasteiger partial charge >= 0.3 is 0 Å². The predicted molar refractivity (Wildman–Crippen MR) is 64.8 cm³/mol. The van der Waals surface area contributed by atoms with E-state index in [2.05, 4.69) is 13.8 Å². The van der Waals surface area contributed by atoms with Crippen molar-refractivity contribution >= 4 is 0 Å². The minimum absolute atomic E-state index is 0.809. The second kappa shape index (κ2) is 2.40. The first-order valence-electron chi connectivity index (χ1n) is 7.68. The lowest BCUT2D eigenvalue weighted by Crippen LogP contribution is -2.68. The van der Waals surface area contributed by atoms with Crippen LogP contribution in [0.15, 0.2) is 0 Å². The zero-order valence-corrected chi connectivity index (χ0v) is 10.7. The summed E-state index contributed by atoms with van der Waals surface area (Å²) in [4.78, 5) is 0. The number of rotatable bonds is 0. The molecule has 0 nitrogen and oxygen atoms in total. The van der Waals surface area contributed by atoms with E-state index in [-0.39, 0.29) is 0 Å². The van der Waals surface area contributed by atoms with Crippen LogP contribution >= 0.6 is 0 Å². The van der Waals surface area contributed by atoms with Gasteiger partial charge in [-0.25, -0.2) is 0 Å². The van der Waals surface area contributed by atoms with Crippen LogP contribution in [0.4, 0.5) is 0 Å². The average Bonchev–Trinajstić information content (AvgIpc) is 2.25. The molecule has 7 saturated carbocycles. The Kier molecular flexibility index (Phi) is 1.35. The Labute approximate surface area is 99.2 Å². The van der Waals surface area contributed by atoms with Crippen LogP contribution in [0.25, 0.3) is 0 Å². The van der Waals surface area contributed by atoms with Crippen LogP contribution in [-0.4, -0.2) is 0 Å². The quantitative estimate of drug-likeness (QED) is 0.575. The Balaban J connectivity index is 1.72. The third-order valence-corrected chi connectivity index (χ3v) is 8.12. The van der Waals surface area contributed by atoms with Gasteiger partial charge in [0.2, 0.25) is 0 Å². The first kappa shape index (κ1) is 9.00. The molecule has 7 rings (SSSR count). The normalized spacial score (nSPS) is 73.9. The van der Waals surface area contributed by atoms with Gasteiger partial charge < -0.3 is 0 Å². The molecule has 0 heterocycles. The summed E-state index contributed by atoms with van der Waals surface area (Å²) >= 11 is 0. The zero-order chi connectivity index (χ0) is 10.7. The average molecular weight is 216 g/mol. The predicted octanol–water partition coefficient (Wildman–Crippen LogP) is 3.96. The molecule has 0 aliphatic heterocycles. The van der Waals surface area contributed by atoms with E-state index in [9.17, 15) is 0 Å².